The molecule has 1 aliphatic heterocycles. The molecule has 0 saturated carbocycles. The number of ketones is 1. The van der Waals surface area contributed by atoms with Crippen LogP contribution in [0.2, 0.25) is 0 Å². The van der Waals surface area contributed by atoms with Crippen molar-refractivity contribution in [1.29, 1.82) is 0 Å². The zero-order valence-electron chi connectivity index (χ0n) is 16.0. The van der Waals surface area contributed by atoms with Gasteiger partial charge in [-0.25, -0.2) is 4.79 Å². The van der Waals surface area contributed by atoms with E-state index in [1.165, 1.54) is 14.2 Å². The lowest BCUT2D eigenvalue weighted by Gasteiger charge is -2.12. The van der Waals surface area contributed by atoms with Gasteiger partial charge in [-0.05, 0) is 37.3 Å². The molecule has 0 fully saturated rings. The Labute approximate surface area is 162 Å². The predicted molar refractivity (Wildman–Crippen MR) is 101 cm³/mol. The van der Waals surface area contributed by atoms with Crippen LogP contribution in [-0.4, -0.2) is 39.2 Å². The molecule has 2 aromatic carbocycles. The molecule has 7 nitrogen and oxygen atoms in total. The molecule has 1 unspecified atom stereocenters. The van der Waals surface area contributed by atoms with Crippen molar-refractivity contribution < 1.29 is 33.3 Å². The maximum absolute atomic E-state index is 12.6. The Hall–Kier alpha value is -3.48. The number of carbonyl (C=O) groups excluding carboxylic acids is 2. The SMILES string of the molecule is COC(=O)C(C)Oc1ccc2c(c1)O/C(=C\c1ccc(OC)cc1OC)C2=O. The van der Waals surface area contributed by atoms with Gasteiger partial charge in [-0.3, -0.25) is 4.79 Å². The zero-order valence-corrected chi connectivity index (χ0v) is 16.0. The molecule has 0 radical (unpaired) electrons. The van der Waals surface area contributed by atoms with Crippen LogP contribution in [0.1, 0.15) is 22.8 Å². The molecule has 0 saturated heterocycles. The fourth-order valence-electron chi connectivity index (χ4n) is 2.74. The minimum absolute atomic E-state index is 0.164. The van der Waals surface area contributed by atoms with Crippen molar-refractivity contribution in [3.63, 3.8) is 0 Å². The van der Waals surface area contributed by atoms with E-state index in [0.717, 1.165) is 0 Å². The van der Waals surface area contributed by atoms with Gasteiger partial charge >= 0.3 is 5.97 Å². The molecule has 0 aromatic heterocycles. The second-order valence-electron chi connectivity index (χ2n) is 5.99. The van der Waals surface area contributed by atoms with Gasteiger partial charge in [0.15, 0.2) is 11.9 Å². The van der Waals surface area contributed by atoms with E-state index in [-0.39, 0.29) is 11.5 Å². The zero-order chi connectivity index (χ0) is 20.3. The highest BCUT2D eigenvalue weighted by Gasteiger charge is 2.28. The van der Waals surface area contributed by atoms with Crippen molar-refractivity contribution in [2.75, 3.05) is 21.3 Å². The van der Waals surface area contributed by atoms with Gasteiger partial charge in [0.2, 0.25) is 5.78 Å². The first-order valence-electron chi connectivity index (χ1n) is 8.51. The largest absolute Gasteiger partial charge is 0.497 e. The van der Waals surface area contributed by atoms with E-state index in [4.69, 9.17) is 18.9 Å². The Morgan fingerprint density at radius 3 is 2.46 bits per heavy atom. The molecule has 146 valence electrons. The highest BCUT2D eigenvalue weighted by atomic mass is 16.6. The molecule has 1 heterocycles. The number of carbonyl (C=O) groups is 2. The maximum atomic E-state index is 12.6. The highest BCUT2D eigenvalue weighted by Crippen LogP contribution is 2.36. The Morgan fingerprint density at radius 2 is 1.79 bits per heavy atom. The Balaban J connectivity index is 1.85. The summed E-state index contributed by atoms with van der Waals surface area (Å²) in [6, 6.07) is 10.0. The summed E-state index contributed by atoms with van der Waals surface area (Å²) in [4.78, 5) is 24.1. The third-order valence-corrected chi connectivity index (χ3v) is 4.21. The predicted octanol–water partition coefficient (Wildman–Crippen LogP) is 3.26. The van der Waals surface area contributed by atoms with Crippen LogP contribution in [0.25, 0.3) is 6.08 Å². The quantitative estimate of drug-likeness (QED) is 0.559. The third-order valence-electron chi connectivity index (χ3n) is 4.21. The van der Waals surface area contributed by atoms with Gasteiger partial charge in [-0.15, -0.1) is 0 Å². The third kappa shape index (κ3) is 3.78. The van der Waals surface area contributed by atoms with Crippen molar-refractivity contribution in [1.82, 2.24) is 0 Å². The second-order valence-corrected chi connectivity index (χ2v) is 5.99. The van der Waals surface area contributed by atoms with Gasteiger partial charge in [0.1, 0.15) is 23.0 Å². The lowest BCUT2D eigenvalue weighted by atomic mass is 10.1. The van der Waals surface area contributed by atoms with E-state index < -0.39 is 12.1 Å². The summed E-state index contributed by atoms with van der Waals surface area (Å²) in [5.41, 5.74) is 1.09. The summed E-state index contributed by atoms with van der Waals surface area (Å²) in [5.74, 6) is 1.37. The number of hydrogen-bond donors (Lipinski definition) is 0. The second kappa shape index (κ2) is 8.04. The number of hydrogen-bond acceptors (Lipinski definition) is 7. The van der Waals surface area contributed by atoms with Crippen LogP contribution in [0, 0.1) is 0 Å². The molecule has 1 atom stereocenters. The average Bonchev–Trinajstić information content (AvgIpc) is 3.02. The van der Waals surface area contributed by atoms with Crippen LogP contribution in [0.15, 0.2) is 42.2 Å². The molecule has 0 aliphatic carbocycles. The van der Waals surface area contributed by atoms with Crippen LogP contribution in [0.5, 0.6) is 23.0 Å². The van der Waals surface area contributed by atoms with Crippen LogP contribution in [0.4, 0.5) is 0 Å². The lowest BCUT2D eigenvalue weighted by molar-refractivity contribution is -0.147. The Kier molecular flexibility index (Phi) is 5.54. The number of allylic oxidation sites excluding steroid dienone is 1. The smallest absolute Gasteiger partial charge is 0.346 e. The first kappa shape index (κ1) is 19.3. The van der Waals surface area contributed by atoms with Gasteiger partial charge in [-0.1, -0.05) is 0 Å². The summed E-state index contributed by atoms with van der Waals surface area (Å²) < 4.78 is 26.4. The van der Waals surface area contributed by atoms with E-state index in [0.29, 0.717) is 34.1 Å². The fraction of sp³-hybridized carbons (Fsp3) is 0.238. The number of Topliss-reactive ketones (excluding diaryl/α,β-unsaturated/α-hetero) is 1. The van der Waals surface area contributed by atoms with Crippen LogP contribution >= 0.6 is 0 Å². The van der Waals surface area contributed by atoms with Gasteiger partial charge in [0, 0.05) is 17.7 Å². The molecule has 0 spiro atoms. The van der Waals surface area contributed by atoms with Crippen molar-refractivity contribution in [2.24, 2.45) is 0 Å². The summed E-state index contributed by atoms with van der Waals surface area (Å²) in [5, 5.41) is 0. The number of fused-ring (bicyclic) bond motifs is 1. The lowest BCUT2D eigenvalue weighted by Crippen LogP contribution is -2.24. The Morgan fingerprint density at radius 1 is 1.04 bits per heavy atom. The molecule has 7 heteroatoms. The minimum Gasteiger partial charge on any atom is -0.497 e. The van der Waals surface area contributed by atoms with Gasteiger partial charge < -0.3 is 23.7 Å². The molecule has 1 aliphatic rings. The number of rotatable bonds is 6. The van der Waals surface area contributed by atoms with Gasteiger partial charge in [-0.2, -0.15) is 0 Å². The Bertz CT molecular complexity index is 946. The molecule has 28 heavy (non-hydrogen) atoms. The van der Waals surface area contributed by atoms with Crippen LogP contribution in [-0.2, 0) is 9.53 Å². The van der Waals surface area contributed by atoms with Crippen LogP contribution in [0.3, 0.4) is 0 Å². The summed E-state index contributed by atoms with van der Waals surface area (Å²) in [7, 11) is 4.39. The summed E-state index contributed by atoms with van der Waals surface area (Å²) in [6.07, 6.45) is 0.830. The maximum Gasteiger partial charge on any atom is 0.346 e. The number of esters is 1. The van der Waals surface area contributed by atoms with Crippen LogP contribution < -0.4 is 18.9 Å². The van der Waals surface area contributed by atoms with E-state index in [1.807, 2.05) is 0 Å². The average molecular weight is 384 g/mol. The number of ether oxygens (including phenoxy) is 5. The van der Waals surface area contributed by atoms with Crippen molar-refractivity contribution >= 4 is 17.8 Å². The number of methoxy groups -OCH3 is 3. The molecule has 0 N–H and O–H groups in total. The van der Waals surface area contributed by atoms with Gasteiger partial charge in [0.05, 0.1) is 26.9 Å². The normalized spacial score (nSPS) is 14.9. The first-order chi connectivity index (χ1) is 13.5. The monoisotopic (exact) mass is 384 g/mol. The van der Waals surface area contributed by atoms with E-state index >= 15 is 0 Å². The van der Waals surface area contributed by atoms with E-state index in [1.54, 1.807) is 56.5 Å². The van der Waals surface area contributed by atoms with Crippen molar-refractivity contribution in [3.05, 3.63) is 53.3 Å². The minimum atomic E-state index is -0.779. The molecule has 0 amide bonds. The summed E-state index contributed by atoms with van der Waals surface area (Å²) in [6.45, 7) is 1.58. The van der Waals surface area contributed by atoms with Crippen molar-refractivity contribution in [3.8, 4) is 23.0 Å². The first-order valence-corrected chi connectivity index (χ1v) is 8.51. The van der Waals surface area contributed by atoms with E-state index in [9.17, 15) is 9.59 Å². The fourth-order valence-corrected chi connectivity index (χ4v) is 2.74. The van der Waals surface area contributed by atoms with E-state index in [2.05, 4.69) is 4.74 Å². The van der Waals surface area contributed by atoms with Gasteiger partial charge in [0.25, 0.3) is 0 Å². The summed E-state index contributed by atoms with van der Waals surface area (Å²) >= 11 is 0. The molecule has 2 aromatic rings. The molecular weight excluding hydrogens is 364 g/mol. The number of benzene rings is 2. The highest BCUT2D eigenvalue weighted by molar-refractivity contribution is 6.14. The standard InChI is InChI=1S/C21H20O7/c1-12(21(23)26-4)27-15-7-8-16-18(11-15)28-19(20(16)22)9-13-5-6-14(24-2)10-17(13)25-3/h5-12H,1-4H3/b19-9-. The molecule has 0 bridgehead atoms. The van der Waals surface area contributed by atoms with Crippen molar-refractivity contribution in [2.45, 2.75) is 13.0 Å². The molecule has 3 rings (SSSR count). The molecular formula is C21H20O7. The topological polar surface area (TPSA) is 80.3 Å².